The molecule has 2 heterocycles. The van der Waals surface area contributed by atoms with Crippen LogP contribution in [0.15, 0.2) is 145 Å². The first kappa shape index (κ1) is 28.8. The standard InChI is InChI=1S/C50H38N2/c1-30-10-5-19-42-45(30)38-17-7-12-32-14-9-21-44(47(32)38)52(42)41-27-29-50(2)28-26-36-40(25-23-33-22-24-37(41)49(50)48(33)36)51-39-18-4-3-15-34(39)35-16-6-11-31-13-8-20-43(51)46(31)35/h3-9,11-26,28,30,41H,10,27,29H2,1-2H3. The summed E-state index contributed by atoms with van der Waals surface area (Å²) >= 11 is 0. The predicted octanol–water partition coefficient (Wildman–Crippen LogP) is 13.5. The maximum absolute atomic E-state index is 2.74. The monoisotopic (exact) mass is 666 g/mol. The number of hydrogen-bond acceptors (Lipinski definition) is 2. The van der Waals surface area contributed by atoms with Crippen molar-refractivity contribution in [3.05, 3.63) is 168 Å². The number of allylic oxidation sites excluding steroid dienone is 4. The first-order valence-corrected chi connectivity index (χ1v) is 19.0. The number of fused-ring (bicyclic) bond motifs is 3. The fourth-order valence-corrected chi connectivity index (χ4v) is 10.8. The second-order valence-corrected chi connectivity index (χ2v) is 15.9. The van der Waals surface area contributed by atoms with E-state index in [0.29, 0.717) is 5.92 Å². The minimum atomic E-state index is -0.0318. The molecule has 0 fully saturated rings. The van der Waals surface area contributed by atoms with Crippen LogP contribution >= 0.6 is 0 Å². The summed E-state index contributed by atoms with van der Waals surface area (Å²) in [5.41, 5.74) is 16.3. The maximum Gasteiger partial charge on any atom is 0.0595 e. The fraction of sp³-hybridized carbons (Fsp3) is 0.160. The molecule has 12 rings (SSSR count). The Labute approximate surface area is 304 Å². The molecule has 52 heavy (non-hydrogen) atoms. The van der Waals surface area contributed by atoms with Crippen molar-refractivity contribution in [2.24, 2.45) is 5.92 Å². The summed E-state index contributed by atoms with van der Waals surface area (Å²) in [6.07, 6.45) is 13.1. The van der Waals surface area contributed by atoms with Gasteiger partial charge in [0.15, 0.2) is 0 Å². The van der Waals surface area contributed by atoms with Gasteiger partial charge < -0.3 is 9.80 Å². The van der Waals surface area contributed by atoms with Crippen LogP contribution in [0.5, 0.6) is 0 Å². The molecule has 2 nitrogen and oxygen atoms in total. The summed E-state index contributed by atoms with van der Waals surface area (Å²) in [5.74, 6) is 0.476. The van der Waals surface area contributed by atoms with Gasteiger partial charge >= 0.3 is 0 Å². The van der Waals surface area contributed by atoms with Crippen molar-refractivity contribution in [3.63, 3.8) is 0 Å². The lowest BCUT2D eigenvalue weighted by molar-refractivity contribution is 0.431. The minimum Gasteiger partial charge on any atom is -0.333 e. The van der Waals surface area contributed by atoms with Crippen LogP contribution < -0.4 is 9.80 Å². The Hall–Kier alpha value is -5.86. The molecule has 248 valence electrons. The van der Waals surface area contributed by atoms with Crippen LogP contribution in [0.1, 0.15) is 61.4 Å². The Morgan fingerprint density at radius 3 is 2.12 bits per heavy atom. The van der Waals surface area contributed by atoms with Crippen molar-refractivity contribution in [1.82, 2.24) is 0 Å². The third kappa shape index (κ3) is 3.60. The molecule has 0 aromatic heterocycles. The third-order valence-electron chi connectivity index (χ3n) is 13.1. The highest BCUT2D eigenvalue weighted by molar-refractivity contribution is 6.15. The number of nitrogens with zero attached hydrogens (tertiary/aromatic N) is 2. The summed E-state index contributed by atoms with van der Waals surface area (Å²) in [6.45, 7) is 4.90. The van der Waals surface area contributed by atoms with E-state index in [9.17, 15) is 0 Å². The zero-order chi connectivity index (χ0) is 34.3. The molecule has 7 aromatic rings. The van der Waals surface area contributed by atoms with Gasteiger partial charge in [-0.15, -0.1) is 0 Å². The molecule has 0 bridgehead atoms. The molecular weight excluding hydrogens is 629 g/mol. The molecular formula is C50H38N2. The first-order chi connectivity index (χ1) is 25.6. The molecule has 2 heteroatoms. The summed E-state index contributed by atoms with van der Waals surface area (Å²) in [7, 11) is 0. The molecule has 0 spiro atoms. The van der Waals surface area contributed by atoms with E-state index in [4.69, 9.17) is 0 Å². The van der Waals surface area contributed by atoms with E-state index >= 15 is 0 Å². The predicted molar refractivity (Wildman–Crippen MR) is 220 cm³/mol. The number of benzene rings is 7. The van der Waals surface area contributed by atoms with Gasteiger partial charge in [0.05, 0.1) is 28.8 Å². The number of hydrogen-bond donors (Lipinski definition) is 0. The zero-order valence-electron chi connectivity index (χ0n) is 29.5. The normalized spacial score (nSPS) is 22.0. The minimum absolute atomic E-state index is 0.0318. The van der Waals surface area contributed by atoms with Gasteiger partial charge in [0.25, 0.3) is 0 Å². The van der Waals surface area contributed by atoms with Gasteiger partial charge in [-0.3, -0.25) is 0 Å². The molecule has 0 radical (unpaired) electrons. The summed E-state index contributed by atoms with van der Waals surface area (Å²) < 4.78 is 0. The van der Waals surface area contributed by atoms with E-state index in [0.717, 1.165) is 19.3 Å². The van der Waals surface area contributed by atoms with Gasteiger partial charge in [0.1, 0.15) is 0 Å². The lowest BCUT2D eigenvalue weighted by Gasteiger charge is -2.48. The average molecular weight is 667 g/mol. The van der Waals surface area contributed by atoms with E-state index < -0.39 is 0 Å². The molecule has 5 aliphatic rings. The number of para-hydroxylation sites is 1. The van der Waals surface area contributed by atoms with E-state index in [-0.39, 0.29) is 11.5 Å². The van der Waals surface area contributed by atoms with Crippen LogP contribution in [0, 0.1) is 5.92 Å². The van der Waals surface area contributed by atoms with Gasteiger partial charge in [-0.25, -0.2) is 0 Å². The van der Waals surface area contributed by atoms with Gasteiger partial charge in [-0.2, -0.15) is 0 Å². The second-order valence-electron chi connectivity index (χ2n) is 15.9. The van der Waals surface area contributed by atoms with Gasteiger partial charge in [0, 0.05) is 33.0 Å². The lowest BCUT2D eigenvalue weighted by atomic mass is 9.64. The summed E-state index contributed by atoms with van der Waals surface area (Å²) in [4.78, 5) is 5.29. The van der Waals surface area contributed by atoms with Gasteiger partial charge in [-0.1, -0.05) is 129 Å². The number of rotatable bonds is 2. The van der Waals surface area contributed by atoms with Crippen LogP contribution in [-0.2, 0) is 5.41 Å². The highest BCUT2D eigenvalue weighted by Crippen LogP contribution is 2.58. The quantitative estimate of drug-likeness (QED) is 0.181. The Morgan fingerprint density at radius 1 is 0.596 bits per heavy atom. The van der Waals surface area contributed by atoms with Gasteiger partial charge in [-0.05, 0) is 105 Å². The van der Waals surface area contributed by atoms with Crippen LogP contribution in [-0.4, -0.2) is 0 Å². The van der Waals surface area contributed by atoms with Crippen LogP contribution in [0.25, 0.3) is 55.1 Å². The highest BCUT2D eigenvalue weighted by atomic mass is 15.2. The van der Waals surface area contributed by atoms with Gasteiger partial charge in [0.2, 0.25) is 0 Å². The van der Waals surface area contributed by atoms with Crippen molar-refractivity contribution in [2.45, 2.75) is 44.6 Å². The van der Waals surface area contributed by atoms with E-state index in [1.54, 1.807) is 0 Å². The largest absolute Gasteiger partial charge is 0.333 e. The summed E-state index contributed by atoms with van der Waals surface area (Å²) in [6, 6.07) is 46.2. The van der Waals surface area contributed by atoms with E-state index in [2.05, 4.69) is 169 Å². The molecule has 0 saturated heterocycles. The second kappa shape index (κ2) is 10.1. The fourth-order valence-electron chi connectivity index (χ4n) is 10.8. The smallest absolute Gasteiger partial charge is 0.0595 e. The van der Waals surface area contributed by atoms with Crippen molar-refractivity contribution in [1.29, 1.82) is 0 Å². The molecule has 0 saturated carbocycles. The Kier molecular flexibility index (Phi) is 5.61. The molecule has 2 aliphatic heterocycles. The lowest BCUT2D eigenvalue weighted by Crippen LogP contribution is -2.38. The van der Waals surface area contributed by atoms with Crippen LogP contribution in [0.2, 0.25) is 0 Å². The van der Waals surface area contributed by atoms with Crippen molar-refractivity contribution in [3.8, 4) is 11.1 Å². The average Bonchev–Trinajstić information content (AvgIpc) is 3.18. The SMILES string of the molecule is CC1CC=CC2=C1c1cccc3cccc(c13)N2C1CCC2(C)C=Cc3c(N4c5ccccc5-c5cccc6cccc4c56)ccc4ccc1c2c34. The van der Waals surface area contributed by atoms with E-state index in [1.165, 1.54) is 99.7 Å². The van der Waals surface area contributed by atoms with Crippen LogP contribution in [0.4, 0.5) is 22.7 Å². The molecule has 0 amide bonds. The van der Waals surface area contributed by atoms with E-state index in [1.807, 2.05) is 0 Å². The molecule has 0 N–H and O–H groups in total. The first-order valence-electron chi connectivity index (χ1n) is 19.0. The zero-order valence-corrected chi connectivity index (χ0v) is 29.5. The van der Waals surface area contributed by atoms with Crippen molar-refractivity contribution >= 4 is 66.7 Å². The Morgan fingerprint density at radius 2 is 1.27 bits per heavy atom. The third-order valence-corrected chi connectivity index (χ3v) is 13.1. The maximum atomic E-state index is 2.74. The molecule has 3 atom stereocenters. The Balaban J connectivity index is 1.12. The van der Waals surface area contributed by atoms with Crippen LogP contribution in [0.3, 0.4) is 0 Å². The molecule has 3 unspecified atom stereocenters. The molecule has 3 aliphatic carbocycles. The topological polar surface area (TPSA) is 6.48 Å². The van der Waals surface area contributed by atoms with Crippen molar-refractivity contribution in [2.75, 3.05) is 9.80 Å². The van der Waals surface area contributed by atoms with Crippen molar-refractivity contribution < 1.29 is 0 Å². The molecule has 7 aromatic carbocycles. The summed E-state index contributed by atoms with van der Waals surface area (Å²) in [5, 5.41) is 8.11. The Bertz CT molecular complexity index is 2820. The number of anilines is 4. The highest BCUT2D eigenvalue weighted by Gasteiger charge is 2.43.